The van der Waals surface area contributed by atoms with Gasteiger partial charge in [0.1, 0.15) is 0 Å². The second-order valence-electron chi connectivity index (χ2n) is 6.03. The average molecular weight is 338 g/mol. The summed E-state index contributed by atoms with van der Waals surface area (Å²) in [5.74, 6) is 1.11. The van der Waals surface area contributed by atoms with E-state index in [1.165, 1.54) is 0 Å². The molecular weight excluding hydrogens is 310 g/mol. The van der Waals surface area contributed by atoms with Crippen LogP contribution >= 0.6 is 11.6 Å². The van der Waals surface area contributed by atoms with Gasteiger partial charge in [0.25, 0.3) is 10.2 Å². The SMILES string of the molecule is CCN(CC)C1CCN(S(=O)(=O)N2CCC(CCl)CC2)C1. The molecule has 2 heterocycles. The number of likely N-dealkylation sites (N-methyl/N-ethyl adjacent to an activating group) is 1. The molecule has 2 aliphatic rings. The van der Waals surface area contributed by atoms with Gasteiger partial charge >= 0.3 is 0 Å². The molecule has 124 valence electrons. The molecule has 0 bridgehead atoms. The standard InChI is InChI=1S/C14H28ClN3O2S/c1-3-16(4-2)14-7-10-18(12-14)21(19,20)17-8-5-13(11-15)6-9-17/h13-14H,3-12H2,1-2H3. The normalized spacial score (nSPS) is 26.8. The minimum atomic E-state index is -3.28. The van der Waals surface area contributed by atoms with Crippen LogP contribution in [0.15, 0.2) is 0 Å². The number of piperidine rings is 1. The highest BCUT2D eigenvalue weighted by Crippen LogP contribution is 2.25. The number of halogens is 1. The minimum Gasteiger partial charge on any atom is -0.300 e. The Morgan fingerprint density at radius 3 is 2.14 bits per heavy atom. The second kappa shape index (κ2) is 7.59. The molecule has 21 heavy (non-hydrogen) atoms. The summed E-state index contributed by atoms with van der Waals surface area (Å²) < 4.78 is 28.8. The van der Waals surface area contributed by atoms with E-state index < -0.39 is 10.2 Å². The Morgan fingerprint density at radius 2 is 1.62 bits per heavy atom. The second-order valence-corrected chi connectivity index (χ2v) is 8.26. The smallest absolute Gasteiger partial charge is 0.282 e. The highest BCUT2D eigenvalue weighted by atomic mass is 35.5. The molecule has 5 nitrogen and oxygen atoms in total. The van der Waals surface area contributed by atoms with Gasteiger partial charge in [0.15, 0.2) is 0 Å². The van der Waals surface area contributed by atoms with Gasteiger partial charge in [-0.1, -0.05) is 13.8 Å². The maximum atomic E-state index is 12.7. The van der Waals surface area contributed by atoms with E-state index in [1.807, 2.05) is 0 Å². The number of hydrogen-bond donors (Lipinski definition) is 0. The van der Waals surface area contributed by atoms with Crippen molar-refractivity contribution < 1.29 is 8.42 Å². The van der Waals surface area contributed by atoms with Crippen molar-refractivity contribution in [1.82, 2.24) is 13.5 Å². The van der Waals surface area contributed by atoms with Crippen molar-refractivity contribution in [1.29, 1.82) is 0 Å². The third-order valence-electron chi connectivity index (χ3n) is 4.90. The summed E-state index contributed by atoms with van der Waals surface area (Å²) >= 11 is 5.87. The zero-order valence-electron chi connectivity index (χ0n) is 13.2. The predicted octanol–water partition coefficient (Wildman–Crippen LogP) is 1.60. The fourth-order valence-corrected chi connectivity index (χ4v) is 5.42. The van der Waals surface area contributed by atoms with Crippen LogP contribution in [-0.4, -0.2) is 73.1 Å². The first kappa shape index (κ1) is 17.5. The number of rotatable bonds is 6. The van der Waals surface area contributed by atoms with Crippen LogP contribution in [0.2, 0.25) is 0 Å². The Hall–Kier alpha value is 0.120. The summed E-state index contributed by atoms with van der Waals surface area (Å²) in [7, 11) is -3.28. The summed E-state index contributed by atoms with van der Waals surface area (Å²) in [6.07, 6.45) is 2.71. The molecule has 0 aromatic carbocycles. The van der Waals surface area contributed by atoms with Gasteiger partial charge in [-0.3, -0.25) is 4.90 Å². The predicted molar refractivity (Wildman–Crippen MR) is 86.8 cm³/mol. The maximum Gasteiger partial charge on any atom is 0.282 e. The average Bonchev–Trinajstić information content (AvgIpc) is 2.99. The molecule has 0 aromatic heterocycles. The zero-order valence-corrected chi connectivity index (χ0v) is 14.7. The Kier molecular flexibility index (Phi) is 6.32. The first-order valence-corrected chi connectivity index (χ1v) is 10.0. The number of alkyl halides is 1. The van der Waals surface area contributed by atoms with Crippen molar-refractivity contribution >= 4 is 21.8 Å². The summed E-state index contributed by atoms with van der Waals surface area (Å²) in [5, 5.41) is 0. The third kappa shape index (κ3) is 3.91. The number of hydrogen-bond acceptors (Lipinski definition) is 3. The summed E-state index contributed by atoms with van der Waals surface area (Å²) in [6.45, 7) is 8.76. The van der Waals surface area contributed by atoms with Gasteiger partial charge < -0.3 is 0 Å². The first-order chi connectivity index (χ1) is 10.0. The van der Waals surface area contributed by atoms with Crippen LogP contribution in [0.25, 0.3) is 0 Å². The van der Waals surface area contributed by atoms with Gasteiger partial charge in [0.05, 0.1) is 0 Å². The van der Waals surface area contributed by atoms with Gasteiger partial charge in [0.2, 0.25) is 0 Å². The van der Waals surface area contributed by atoms with Crippen LogP contribution in [0.4, 0.5) is 0 Å². The topological polar surface area (TPSA) is 43.9 Å². The van der Waals surface area contributed by atoms with Crippen molar-refractivity contribution in [2.45, 2.75) is 39.2 Å². The van der Waals surface area contributed by atoms with E-state index in [9.17, 15) is 8.42 Å². The Balaban J connectivity index is 1.95. The van der Waals surface area contributed by atoms with Crippen LogP contribution in [0, 0.1) is 5.92 Å². The molecule has 0 aromatic rings. The molecule has 0 amide bonds. The zero-order chi connectivity index (χ0) is 15.5. The minimum absolute atomic E-state index is 0.371. The van der Waals surface area contributed by atoms with Gasteiger partial charge in [-0.15, -0.1) is 11.6 Å². The highest BCUT2D eigenvalue weighted by molar-refractivity contribution is 7.86. The fraction of sp³-hybridized carbons (Fsp3) is 1.00. The van der Waals surface area contributed by atoms with E-state index in [-0.39, 0.29) is 0 Å². The van der Waals surface area contributed by atoms with Crippen LogP contribution in [-0.2, 0) is 10.2 Å². The molecule has 2 saturated heterocycles. The van der Waals surface area contributed by atoms with E-state index in [0.29, 0.717) is 44.0 Å². The van der Waals surface area contributed by atoms with Gasteiger partial charge in [-0.2, -0.15) is 17.0 Å². The lowest BCUT2D eigenvalue weighted by molar-refractivity contribution is 0.221. The summed E-state index contributed by atoms with van der Waals surface area (Å²) in [4.78, 5) is 2.36. The van der Waals surface area contributed by atoms with E-state index >= 15 is 0 Å². The van der Waals surface area contributed by atoms with E-state index in [1.54, 1.807) is 8.61 Å². The first-order valence-electron chi connectivity index (χ1n) is 8.08. The van der Waals surface area contributed by atoms with Gasteiger partial charge in [0, 0.05) is 38.1 Å². The van der Waals surface area contributed by atoms with Crippen molar-refractivity contribution in [2.75, 3.05) is 45.1 Å². The molecule has 1 unspecified atom stereocenters. The summed E-state index contributed by atoms with van der Waals surface area (Å²) in [6, 6.07) is 0.371. The van der Waals surface area contributed by atoms with Crippen molar-refractivity contribution in [3.63, 3.8) is 0 Å². The van der Waals surface area contributed by atoms with Crippen LogP contribution in [0.5, 0.6) is 0 Å². The van der Waals surface area contributed by atoms with E-state index in [4.69, 9.17) is 11.6 Å². The van der Waals surface area contributed by atoms with Crippen molar-refractivity contribution in [3.8, 4) is 0 Å². The highest BCUT2D eigenvalue weighted by Gasteiger charge is 2.38. The Bertz CT molecular complexity index is 420. The van der Waals surface area contributed by atoms with Crippen LogP contribution in [0.3, 0.4) is 0 Å². The summed E-state index contributed by atoms with van der Waals surface area (Å²) in [5.41, 5.74) is 0. The lowest BCUT2D eigenvalue weighted by Crippen LogP contribution is -2.47. The lowest BCUT2D eigenvalue weighted by atomic mass is 10.0. The molecule has 2 aliphatic heterocycles. The molecule has 0 radical (unpaired) electrons. The van der Waals surface area contributed by atoms with Gasteiger partial charge in [-0.05, 0) is 38.3 Å². The monoisotopic (exact) mass is 337 g/mol. The molecule has 0 N–H and O–H groups in total. The molecule has 0 spiro atoms. The maximum absolute atomic E-state index is 12.7. The van der Waals surface area contributed by atoms with E-state index in [2.05, 4.69) is 18.7 Å². The van der Waals surface area contributed by atoms with E-state index in [0.717, 1.165) is 32.4 Å². The molecule has 2 fully saturated rings. The third-order valence-corrected chi connectivity index (χ3v) is 7.34. The molecule has 7 heteroatoms. The largest absolute Gasteiger partial charge is 0.300 e. The van der Waals surface area contributed by atoms with Crippen LogP contribution in [0.1, 0.15) is 33.1 Å². The molecule has 0 aliphatic carbocycles. The number of nitrogens with zero attached hydrogens (tertiary/aromatic N) is 3. The molecular formula is C14H28ClN3O2S. The Labute approximate surface area is 134 Å². The molecule has 1 atom stereocenters. The fourth-order valence-electron chi connectivity index (χ4n) is 3.42. The van der Waals surface area contributed by atoms with Crippen LogP contribution < -0.4 is 0 Å². The van der Waals surface area contributed by atoms with Crippen molar-refractivity contribution in [3.05, 3.63) is 0 Å². The molecule has 0 saturated carbocycles. The van der Waals surface area contributed by atoms with Crippen molar-refractivity contribution in [2.24, 2.45) is 5.92 Å². The van der Waals surface area contributed by atoms with Gasteiger partial charge in [-0.25, -0.2) is 0 Å². The Morgan fingerprint density at radius 1 is 1.05 bits per heavy atom. The quantitative estimate of drug-likeness (QED) is 0.691. The molecule has 2 rings (SSSR count). The lowest BCUT2D eigenvalue weighted by Gasteiger charge is -2.33.